The van der Waals surface area contributed by atoms with E-state index in [0.717, 1.165) is 0 Å². The molecular formula is C7H5FO6. The maximum Gasteiger partial charge on any atom is 0.343 e. The van der Waals surface area contributed by atoms with Crippen molar-refractivity contribution in [3.8, 4) is 23.0 Å². The Morgan fingerprint density at radius 3 is 1.86 bits per heavy atom. The summed E-state index contributed by atoms with van der Waals surface area (Å²) in [5, 5.41) is 43.8. The van der Waals surface area contributed by atoms with Crippen LogP contribution in [0.1, 0.15) is 10.4 Å². The molecule has 0 aliphatic rings. The van der Waals surface area contributed by atoms with Crippen LogP contribution in [0.25, 0.3) is 0 Å². The third kappa shape index (κ3) is 1.15. The van der Waals surface area contributed by atoms with E-state index in [2.05, 4.69) is 0 Å². The number of aromatic hydroxyl groups is 4. The number of benzene rings is 1. The van der Waals surface area contributed by atoms with E-state index in [9.17, 15) is 9.18 Å². The summed E-state index contributed by atoms with van der Waals surface area (Å²) in [5.74, 6) is -9.03. The van der Waals surface area contributed by atoms with E-state index >= 15 is 0 Å². The first-order valence-electron chi connectivity index (χ1n) is 3.26. The van der Waals surface area contributed by atoms with Gasteiger partial charge in [0.25, 0.3) is 0 Å². The van der Waals surface area contributed by atoms with E-state index in [1.165, 1.54) is 0 Å². The molecule has 0 radical (unpaired) electrons. The quantitative estimate of drug-likeness (QED) is 0.332. The second kappa shape index (κ2) is 2.95. The summed E-state index contributed by atoms with van der Waals surface area (Å²) < 4.78 is 12.8. The molecule has 6 nitrogen and oxygen atoms in total. The van der Waals surface area contributed by atoms with Crippen molar-refractivity contribution in [3.63, 3.8) is 0 Å². The van der Waals surface area contributed by atoms with Crippen molar-refractivity contribution in [2.45, 2.75) is 0 Å². The summed E-state index contributed by atoms with van der Waals surface area (Å²) in [6.45, 7) is 0. The summed E-state index contributed by atoms with van der Waals surface area (Å²) in [6.07, 6.45) is 0. The van der Waals surface area contributed by atoms with E-state index in [1.54, 1.807) is 0 Å². The molecule has 0 spiro atoms. The molecule has 0 saturated heterocycles. The minimum atomic E-state index is -1.84. The molecule has 0 aliphatic heterocycles. The second-order valence-corrected chi connectivity index (χ2v) is 2.39. The van der Waals surface area contributed by atoms with Gasteiger partial charge >= 0.3 is 5.97 Å². The van der Waals surface area contributed by atoms with Crippen LogP contribution in [0.4, 0.5) is 4.39 Å². The van der Waals surface area contributed by atoms with Crippen LogP contribution in [-0.2, 0) is 0 Å². The van der Waals surface area contributed by atoms with Crippen molar-refractivity contribution in [1.29, 1.82) is 0 Å². The van der Waals surface area contributed by atoms with Crippen LogP contribution in [0.5, 0.6) is 23.0 Å². The maximum atomic E-state index is 12.8. The van der Waals surface area contributed by atoms with Crippen LogP contribution in [0, 0.1) is 5.82 Å². The van der Waals surface area contributed by atoms with Crippen molar-refractivity contribution in [2.75, 3.05) is 0 Å². The predicted octanol–water partition coefficient (Wildman–Crippen LogP) is 0.346. The highest BCUT2D eigenvalue weighted by Gasteiger charge is 2.27. The van der Waals surface area contributed by atoms with Gasteiger partial charge in [0.05, 0.1) is 0 Å². The lowest BCUT2D eigenvalue weighted by Crippen LogP contribution is -1.99. The third-order valence-electron chi connectivity index (χ3n) is 1.55. The summed E-state index contributed by atoms with van der Waals surface area (Å²) in [7, 11) is 0. The Kier molecular flexibility index (Phi) is 2.08. The first-order valence-corrected chi connectivity index (χ1v) is 3.26. The third-order valence-corrected chi connectivity index (χ3v) is 1.55. The molecule has 5 N–H and O–H groups in total. The van der Waals surface area contributed by atoms with Gasteiger partial charge in [-0.15, -0.1) is 0 Å². The molecule has 0 heterocycles. The molecule has 0 aliphatic carbocycles. The monoisotopic (exact) mass is 204 g/mol. The fourth-order valence-corrected chi connectivity index (χ4v) is 0.871. The van der Waals surface area contributed by atoms with Gasteiger partial charge in [-0.3, -0.25) is 0 Å². The first kappa shape index (κ1) is 9.90. The van der Waals surface area contributed by atoms with E-state index in [0.29, 0.717) is 0 Å². The Morgan fingerprint density at radius 1 is 0.929 bits per heavy atom. The molecule has 1 aromatic carbocycles. The standard InChI is InChI=1S/C7H5FO6/c8-2-3(9)1(7(13)14)4(10)6(12)5(2)11/h9-12H,(H,13,14). The Bertz CT molecular complexity index is 384. The number of carboxylic acids is 1. The van der Waals surface area contributed by atoms with Crippen LogP contribution in [0.2, 0.25) is 0 Å². The fourth-order valence-electron chi connectivity index (χ4n) is 0.871. The van der Waals surface area contributed by atoms with Gasteiger partial charge in [-0.1, -0.05) is 0 Å². The molecular weight excluding hydrogens is 199 g/mol. The average molecular weight is 204 g/mol. The average Bonchev–Trinajstić information content (AvgIpc) is 2.11. The van der Waals surface area contributed by atoms with Gasteiger partial charge in [0.15, 0.2) is 11.5 Å². The lowest BCUT2D eigenvalue weighted by molar-refractivity contribution is 0.0688. The van der Waals surface area contributed by atoms with Crippen molar-refractivity contribution in [2.24, 2.45) is 0 Å². The number of phenolic OH excluding ortho intramolecular Hbond substituents is 2. The van der Waals surface area contributed by atoms with Gasteiger partial charge in [-0.05, 0) is 0 Å². The number of aromatic carboxylic acids is 1. The van der Waals surface area contributed by atoms with Crippen LogP contribution in [0.15, 0.2) is 0 Å². The van der Waals surface area contributed by atoms with Gasteiger partial charge < -0.3 is 25.5 Å². The van der Waals surface area contributed by atoms with Crippen molar-refractivity contribution < 1.29 is 34.7 Å². The maximum absolute atomic E-state index is 12.8. The molecule has 1 aromatic rings. The first-order chi connectivity index (χ1) is 6.37. The molecule has 0 amide bonds. The van der Waals surface area contributed by atoms with Gasteiger partial charge in [0.1, 0.15) is 5.56 Å². The van der Waals surface area contributed by atoms with Crippen LogP contribution < -0.4 is 0 Å². The second-order valence-electron chi connectivity index (χ2n) is 2.39. The Morgan fingerprint density at radius 2 is 1.43 bits per heavy atom. The van der Waals surface area contributed by atoms with E-state index in [4.69, 9.17) is 25.5 Å². The molecule has 0 bridgehead atoms. The minimum Gasteiger partial charge on any atom is -0.504 e. The molecule has 0 unspecified atom stereocenters. The zero-order valence-corrected chi connectivity index (χ0v) is 6.52. The predicted molar refractivity (Wildman–Crippen MR) is 40.0 cm³/mol. The lowest BCUT2D eigenvalue weighted by Gasteiger charge is -2.07. The minimum absolute atomic E-state index is 1.21. The molecule has 0 aromatic heterocycles. The molecule has 1 rings (SSSR count). The molecule has 76 valence electrons. The van der Waals surface area contributed by atoms with Crippen LogP contribution in [-0.4, -0.2) is 31.5 Å². The molecule has 0 fully saturated rings. The molecule has 0 atom stereocenters. The van der Waals surface area contributed by atoms with Gasteiger partial charge in [0, 0.05) is 0 Å². The fraction of sp³-hybridized carbons (Fsp3) is 0. The molecule has 14 heavy (non-hydrogen) atoms. The van der Waals surface area contributed by atoms with E-state index < -0.39 is 40.3 Å². The van der Waals surface area contributed by atoms with Crippen LogP contribution in [0.3, 0.4) is 0 Å². The Balaban J connectivity index is 3.68. The summed E-state index contributed by atoms with van der Waals surface area (Å²) in [5.41, 5.74) is -1.21. The number of carbonyl (C=O) groups is 1. The van der Waals surface area contributed by atoms with Gasteiger partial charge in [-0.2, -0.15) is 4.39 Å². The Labute approximate surface area is 76.1 Å². The lowest BCUT2D eigenvalue weighted by atomic mass is 10.1. The van der Waals surface area contributed by atoms with Gasteiger partial charge in [-0.25, -0.2) is 4.79 Å². The summed E-state index contributed by atoms with van der Waals surface area (Å²) in [6, 6.07) is 0. The molecule has 7 heteroatoms. The number of carboxylic acid groups (broad SMARTS) is 1. The zero-order chi connectivity index (χ0) is 11.0. The topological polar surface area (TPSA) is 118 Å². The van der Waals surface area contributed by atoms with Crippen LogP contribution >= 0.6 is 0 Å². The summed E-state index contributed by atoms with van der Waals surface area (Å²) in [4.78, 5) is 10.4. The molecule has 0 saturated carbocycles. The zero-order valence-electron chi connectivity index (χ0n) is 6.52. The normalized spacial score (nSPS) is 10.1. The SMILES string of the molecule is O=C(O)c1c(O)c(O)c(O)c(F)c1O. The van der Waals surface area contributed by atoms with Crippen molar-refractivity contribution in [1.82, 2.24) is 0 Å². The highest BCUT2D eigenvalue weighted by molar-refractivity contribution is 5.95. The van der Waals surface area contributed by atoms with Gasteiger partial charge in [0.2, 0.25) is 17.3 Å². The smallest absolute Gasteiger partial charge is 0.343 e. The highest BCUT2D eigenvalue weighted by Crippen LogP contribution is 2.45. The van der Waals surface area contributed by atoms with Crippen molar-refractivity contribution >= 4 is 5.97 Å². The highest BCUT2D eigenvalue weighted by atomic mass is 19.1. The number of phenols is 4. The Hall–Kier alpha value is -2.18. The largest absolute Gasteiger partial charge is 0.504 e. The van der Waals surface area contributed by atoms with E-state index in [1.807, 2.05) is 0 Å². The number of halogens is 1. The van der Waals surface area contributed by atoms with Crippen molar-refractivity contribution in [3.05, 3.63) is 11.4 Å². The number of hydrogen-bond acceptors (Lipinski definition) is 5. The number of rotatable bonds is 1. The number of hydrogen-bond donors (Lipinski definition) is 5. The van der Waals surface area contributed by atoms with E-state index in [-0.39, 0.29) is 0 Å². The summed E-state index contributed by atoms with van der Waals surface area (Å²) >= 11 is 0.